The molecule has 1 aromatic rings. The second kappa shape index (κ2) is 4.90. The SMILES string of the molecule is Cc1nn(C)c(N2CC(=O)NC(=O)C2)c1CNC1CC1. The van der Waals surface area contributed by atoms with Gasteiger partial charge in [-0.05, 0) is 19.8 Å². The van der Waals surface area contributed by atoms with Gasteiger partial charge in [0.1, 0.15) is 5.82 Å². The summed E-state index contributed by atoms with van der Waals surface area (Å²) in [5.41, 5.74) is 2.01. The number of anilines is 1. The molecule has 2 fully saturated rings. The monoisotopic (exact) mass is 277 g/mol. The molecule has 1 aliphatic heterocycles. The molecule has 7 nitrogen and oxygen atoms in total. The van der Waals surface area contributed by atoms with Gasteiger partial charge in [0.2, 0.25) is 11.8 Å². The van der Waals surface area contributed by atoms with Crippen LogP contribution in [0.5, 0.6) is 0 Å². The molecule has 2 amide bonds. The average Bonchev–Trinajstić information content (AvgIpc) is 3.12. The van der Waals surface area contributed by atoms with Crippen molar-refractivity contribution >= 4 is 17.6 Å². The highest BCUT2D eigenvalue weighted by atomic mass is 16.2. The molecule has 108 valence electrons. The lowest BCUT2D eigenvalue weighted by molar-refractivity contribution is -0.130. The quantitative estimate of drug-likeness (QED) is 0.722. The number of aryl methyl sites for hydroxylation is 2. The number of carbonyl (C=O) groups excluding carboxylic acids is 2. The summed E-state index contributed by atoms with van der Waals surface area (Å²) >= 11 is 0. The fourth-order valence-electron chi connectivity index (χ4n) is 2.61. The van der Waals surface area contributed by atoms with Crippen LogP contribution in [0.3, 0.4) is 0 Å². The van der Waals surface area contributed by atoms with Gasteiger partial charge in [-0.25, -0.2) is 0 Å². The van der Waals surface area contributed by atoms with Gasteiger partial charge in [0.15, 0.2) is 0 Å². The van der Waals surface area contributed by atoms with Crippen molar-refractivity contribution < 1.29 is 9.59 Å². The minimum Gasteiger partial charge on any atom is -0.338 e. The standard InChI is InChI=1S/C13H19N5O2/c1-8-10(5-14-9-3-4-9)13(17(2)16-8)18-6-11(19)15-12(20)7-18/h9,14H,3-7H2,1-2H3,(H,15,19,20). The molecule has 0 aromatic carbocycles. The van der Waals surface area contributed by atoms with Gasteiger partial charge in [-0.1, -0.05) is 0 Å². The van der Waals surface area contributed by atoms with E-state index in [1.54, 1.807) is 9.58 Å². The first-order chi connectivity index (χ1) is 9.54. The number of nitrogens with zero attached hydrogens (tertiary/aromatic N) is 3. The topological polar surface area (TPSA) is 79.3 Å². The summed E-state index contributed by atoms with van der Waals surface area (Å²) in [5, 5.41) is 10.2. The maximum absolute atomic E-state index is 11.5. The van der Waals surface area contributed by atoms with Crippen LogP contribution in [-0.2, 0) is 23.2 Å². The van der Waals surface area contributed by atoms with E-state index in [9.17, 15) is 9.59 Å². The van der Waals surface area contributed by atoms with Gasteiger partial charge in [0.25, 0.3) is 0 Å². The van der Waals surface area contributed by atoms with Gasteiger partial charge in [-0.15, -0.1) is 0 Å². The molecule has 7 heteroatoms. The zero-order valence-corrected chi connectivity index (χ0v) is 11.8. The third kappa shape index (κ3) is 2.53. The summed E-state index contributed by atoms with van der Waals surface area (Å²) in [6, 6.07) is 0.605. The molecule has 2 heterocycles. The Morgan fingerprint density at radius 3 is 2.55 bits per heavy atom. The second-order valence-electron chi connectivity index (χ2n) is 5.49. The van der Waals surface area contributed by atoms with Gasteiger partial charge in [-0.2, -0.15) is 5.10 Å². The van der Waals surface area contributed by atoms with E-state index in [2.05, 4.69) is 15.7 Å². The number of piperazine rings is 1. The summed E-state index contributed by atoms with van der Waals surface area (Å²) in [7, 11) is 1.85. The maximum atomic E-state index is 11.5. The molecule has 0 radical (unpaired) electrons. The molecule has 1 saturated carbocycles. The van der Waals surface area contributed by atoms with Crippen LogP contribution in [0, 0.1) is 6.92 Å². The average molecular weight is 277 g/mol. The van der Waals surface area contributed by atoms with Gasteiger partial charge in [0, 0.05) is 25.2 Å². The van der Waals surface area contributed by atoms with Crippen molar-refractivity contribution in [2.24, 2.45) is 7.05 Å². The predicted molar refractivity (Wildman–Crippen MR) is 73.2 cm³/mol. The van der Waals surface area contributed by atoms with Crippen LogP contribution < -0.4 is 15.5 Å². The number of hydrogen-bond acceptors (Lipinski definition) is 5. The molecule has 3 rings (SSSR count). The molecule has 20 heavy (non-hydrogen) atoms. The molecule has 2 aliphatic rings. The van der Waals surface area contributed by atoms with E-state index in [4.69, 9.17) is 0 Å². The summed E-state index contributed by atoms with van der Waals surface area (Å²) in [6.45, 7) is 3.08. The van der Waals surface area contributed by atoms with Crippen LogP contribution in [0.4, 0.5) is 5.82 Å². The van der Waals surface area contributed by atoms with Crippen molar-refractivity contribution in [2.75, 3.05) is 18.0 Å². The molecule has 2 N–H and O–H groups in total. The number of imide groups is 1. The highest BCUT2D eigenvalue weighted by Crippen LogP contribution is 2.26. The Balaban J connectivity index is 1.86. The summed E-state index contributed by atoms with van der Waals surface area (Å²) in [5.74, 6) is 0.335. The Hall–Kier alpha value is -1.89. The number of aromatic nitrogens is 2. The van der Waals surface area contributed by atoms with Crippen molar-refractivity contribution in [3.05, 3.63) is 11.3 Å². The zero-order chi connectivity index (χ0) is 14.3. The number of hydrogen-bond donors (Lipinski definition) is 2. The third-order valence-corrected chi connectivity index (χ3v) is 3.71. The Morgan fingerprint density at radius 2 is 1.95 bits per heavy atom. The van der Waals surface area contributed by atoms with Crippen LogP contribution in [0.2, 0.25) is 0 Å². The minimum atomic E-state index is -0.263. The van der Waals surface area contributed by atoms with E-state index in [0.29, 0.717) is 6.04 Å². The highest BCUT2D eigenvalue weighted by Gasteiger charge is 2.28. The normalized spacial score (nSPS) is 19.4. The molecule has 0 spiro atoms. The van der Waals surface area contributed by atoms with Gasteiger partial charge < -0.3 is 10.2 Å². The van der Waals surface area contributed by atoms with Crippen molar-refractivity contribution in [3.63, 3.8) is 0 Å². The molecule has 1 aliphatic carbocycles. The van der Waals surface area contributed by atoms with E-state index in [1.165, 1.54) is 12.8 Å². The zero-order valence-electron chi connectivity index (χ0n) is 11.8. The highest BCUT2D eigenvalue weighted by molar-refractivity contribution is 6.02. The smallest absolute Gasteiger partial charge is 0.246 e. The van der Waals surface area contributed by atoms with Crippen LogP contribution in [0.15, 0.2) is 0 Å². The fraction of sp³-hybridized carbons (Fsp3) is 0.615. The molecule has 0 unspecified atom stereocenters. The number of nitrogens with one attached hydrogen (secondary N) is 2. The lowest BCUT2D eigenvalue weighted by Crippen LogP contribution is -2.52. The molecule has 0 bridgehead atoms. The van der Waals surface area contributed by atoms with Crippen LogP contribution in [0.1, 0.15) is 24.1 Å². The Morgan fingerprint density at radius 1 is 1.30 bits per heavy atom. The summed E-state index contributed by atoms with van der Waals surface area (Å²) in [4.78, 5) is 24.9. The Bertz CT molecular complexity index is 545. The minimum absolute atomic E-state index is 0.196. The van der Waals surface area contributed by atoms with Crippen molar-refractivity contribution in [3.8, 4) is 0 Å². The van der Waals surface area contributed by atoms with Gasteiger partial charge in [-0.3, -0.25) is 19.6 Å². The fourth-order valence-corrected chi connectivity index (χ4v) is 2.61. The molecule has 0 atom stereocenters. The third-order valence-electron chi connectivity index (χ3n) is 3.71. The van der Waals surface area contributed by atoms with Crippen molar-refractivity contribution in [2.45, 2.75) is 32.4 Å². The number of carbonyl (C=O) groups is 2. The van der Waals surface area contributed by atoms with Crippen LogP contribution >= 0.6 is 0 Å². The molecular weight excluding hydrogens is 258 g/mol. The van der Waals surface area contributed by atoms with E-state index in [1.807, 2.05) is 14.0 Å². The van der Waals surface area contributed by atoms with E-state index >= 15 is 0 Å². The van der Waals surface area contributed by atoms with Crippen LogP contribution in [-0.4, -0.2) is 40.7 Å². The number of rotatable bonds is 4. The van der Waals surface area contributed by atoms with Gasteiger partial charge >= 0.3 is 0 Å². The molecular formula is C13H19N5O2. The lowest BCUT2D eigenvalue weighted by Gasteiger charge is -2.28. The van der Waals surface area contributed by atoms with E-state index in [0.717, 1.165) is 23.6 Å². The van der Waals surface area contributed by atoms with Crippen molar-refractivity contribution in [1.82, 2.24) is 20.4 Å². The first kappa shape index (κ1) is 13.1. The maximum Gasteiger partial charge on any atom is 0.246 e. The van der Waals surface area contributed by atoms with Gasteiger partial charge in [0.05, 0.1) is 18.8 Å². The predicted octanol–water partition coefficient (Wildman–Crippen LogP) is -0.557. The lowest BCUT2D eigenvalue weighted by atomic mass is 10.2. The molecule has 1 saturated heterocycles. The van der Waals surface area contributed by atoms with E-state index in [-0.39, 0.29) is 24.9 Å². The Kier molecular flexibility index (Phi) is 3.21. The second-order valence-corrected chi connectivity index (χ2v) is 5.49. The summed E-state index contributed by atoms with van der Waals surface area (Å²) < 4.78 is 1.76. The van der Waals surface area contributed by atoms with E-state index < -0.39 is 0 Å². The van der Waals surface area contributed by atoms with Crippen molar-refractivity contribution in [1.29, 1.82) is 0 Å². The Labute approximate surface area is 117 Å². The summed E-state index contributed by atoms with van der Waals surface area (Å²) in [6.07, 6.45) is 2.44. The van der Waals surface area contributed by atoms with Crippen LogP contribution in [0.25, 0.3) is 0 Å². The molecule has 1 aromatic heterocycles. The largest absolute Gasteiger partial charge is 0.338 e. The first-order valence-corrected chi connectivity index (χ1v) is 6.88. The first-order valence-electron chi connectivity index (χ1n) is 6.88. The number of amides is 2.